The third-order valence-electron chi connectivity index (χ3n) is 17.9. The highest BCUT2D eigenvalue weighted by Crippen LogP contribution is 2.52. The van der Waals surface area contributed by atoms with Gasteiger partial charge < -0.3 is 54.9 Å². The van der Waals surface area contributed by atoms with Crippen LogP contribution in [0.5, 0.6) is 0 Å². The predicted octanol–water partition coefficient (Wildman–Crippen LogP) is 11.3. The molecular formula is C79H78N8O14. The number of esters is 2. The number of pyridine rings is 2. The molecule has 6 heterocycles. The first kappa shape index (κ1) is 71.9. The van der Waals surface area contributed by atoms with Crippen molar-refractivity contribution in [1.29, 1.82) is 5.41 Å². The number of aliphatic hydroxyl groups is 1. The van der Waals surface area contributed by atoms with Crippen molar-refractivity contribution in [2.45, 2.75) is 102 Å². The van der Waals surface area contributed by atoms with Gasteiger partial charge in [-0.15, -0.1) is 0 Å². The first-order valence-electron chi connectivity index (χ1n) is 32.8. The number of primary amides is 2. The number of aliphatic hydroxyl groups excluding tert-OH is 1. The van der Waals surface area contributed by atoms with E-state index in [9.17, 15) is 43.5 Å². The number of nitrogens with zero attached hydrogens (tertiary/aromatic N) is 4. The fraction of sp³-hybridized carbons (Fsp3) is 0.253. The quantitative estimate of drug-likeness (QED) is 0.0111. The molecule has 0 bridgehead atoms. The van der Waals surface area contributed by atoms with Gasteiger partial charge >= 0.3 is 30.2 Å². The summed E-state index contributed by atoms with van der Waals surface area (Å²) in [6.07, 6.45) is 3.89. The summed E-state index contributed by atoms with van der Waals surface area (Å²) in [5.74, 6) is -1.68. The van der Waals surface area contributed by atoms with E-state index in [1.54, 1.807) is 57.4 Å². The van der Waals surface area contributed by atoms with Crippen molar-refractivity contribution in [3.8, 4) is 0 Å². The van der Waals surface area contributed by atoms with Gasteiger partial charge in [-0.1, -0.05) is 196 Å². The van der Waals surface area contributed by atoms with Crippen LogP contribution in [0.3, 0.4) is 0 Å². The minimum Gasteiger partial charge on any atom is -0.451 e. The maximum absolute atomic E-state index is 14.0. The van der Waals surface area contributed by atoms with Crippen LogP contribution in [0.15, 0.2) is 230 Å². The number of Topliss-reactive ketones (excluding diaryl/α,β-unsaturated/α-hetero) is 1. The van der Waals surface area contributed by atoms with Crippen LogP contribution >= 0.6 is 0 Å². The van der Waals surface area contributed by atoms with Gasteiger partial charge in [-0.3, -0.25) is 30.3 Å². The largest absolute Gasteiger partial charge is 0.451 e. The van der Waals surface area contributed by atoms with E-state index in [4.69, 9.17) is 40.6 Å². The Balaban J connectivity index is 0.000000173. The maximum atomic E-state index is 14.0. The normalized spacial score (nSPS) is 20.0. The number of aryl methyl sites for hydroxylation is 1. The van der Waals surface area contributed by atoms with Crippen molar-refractivity contribution in [3.05, 3.63) is 286 Å². The second kappa shape index (κ2) is 32.6. The van der Waals surface area contributed by atoms with Gasteiger partial charge in [-0.25, -0.2) is 24.0 Å². The zero-order chi connectivity index (χ0) is 71.8. The minimum atomic E-state index is -1.00. The van der Waals surface area contributed by atoms with Crippen molar-refractivity contribution in [2.24, 2.45) is 22.3 Å². The zero-order valence-corrected chi connectivity index (χ0v) is 56.1. The molecule has 8 aromatic rings. The van der Waals surface area contributed by atoms with Gasteiger partial charge in [0.15, 0.2) is 18.3 Å². The van der Waals surface area contributed by atoms with E-state index in [0.29, 0.717) is 53.8 Å². The molecule has 0 spiro atoms. The third-order valence-corrected chi connectivity index (χ3v) is 17.9. The lowest BCUT2D eigenvalue weighted by molar-refractivity contribution is -0.163. The summed E-state index contributed by atoms with van der Waals surface area (Å²) in [7, 11) is 0. The monoisotopic (exact) mass is 1360 g/mol. The molecule has 2 aromatic heterocycles. The van der Waals surface area contributed by atoms with E-state index in [0.717, 1.165) is 38.9 Å². The first-order chi connectivity index (χ1) is 48.6. The molecule has 101 heavy (non-hydrogen) atoms. The third kappa shape index (κ3) is 17.5. The summed E-state index contributed by atoms with van der Waals surface area (Å²) in [6.45, 7) is 6.16. The lowest BCUT2D eigenvalue weighted by Gasteiger charge is -2.41. The molecule has 7 N–H and O–H groups in total. The molecule has 4 aliphatic rings. The molecule has 0 radical (unpaired) electrons. The smallest absolute Gasteiger partial charge is 0.413 e. The number of fused-ring (bicyclic) bond motifs is 2. The zero-order valence-electron chi connectivity index (χ0n) is 56.1. The van der Waals surface area contributed by atoms with Crippen LogP contribution in [0.25, 0.3) is 12.2 Å². The van der Waals surface area contributed by atoms with Crippen LogP contribution in [0.4, 0.5) is 14.4 Å². The lowest BCUT2D eigenvalue weighted by Crippen LogP contribution is -2.58. The van der Waals surface area contributed by atoms with Crippen molar-refractivity contribution in [2.75, 3.05) is 13.2 Å². The number of benzene rings is 6. The van der Waals surface area contributed by atoms with E-state index in [2.05, 4.69) is 15.3 Å². The molecule has 5 amide bonds. The Kier molecular flexibility index (Phi) is 23.2. The summed E-state index contributed by atoms with van der Waals surface area (Å²) in [4.78, 5) is 113. The number of alkyl carbamates (subject to hydrolysis) is 1. The highest BCUT2D eigenvalue weighted by molar-refractivity contribution is 6.09. The lowest BCUT2D eigenvalue weighted by atomic mass is 9.81. The SMILES string of the molecule is CC(=N)NC(=O)OC(c1ccccc1)c1ccccc1.CC(=O)CCc1ccnc(/C=C2/C(=O)N3C2C[C@@](C)(COC(N)=O)[C@@H]3C(=O)OC(c2ccccc2)c2ccccc2)c1.C[C@@]1(COC(N)=O)CC2/C(=C\c3cc(CO)ccn3)C(=O)N2[C@H]1C(=O)OC(c1ccccc1)c1ccccc1. The minimum absolute atomic E-state index is 0.0508. The Hall–Kier alpha value is -11.9. The molecule has 4 saturated heterocycles. The molecule has 4 aliphatic heterocycles. The molecule has 22 heteroatoms. The van der Waals surface area contributed by atoms with E-state index < -0.39 is 83.5 Å². The average molecular weight is 1360 g/mol. The van der Waals surface area contributed by atoms with Gasteiger partial charge in [0.05, 0.1) is 35.9 Å². The van der Waals surface area contributed by atoms with E-state index in [-0.39, 0.29) is 43.3 Å². The first-order valence-corrected chi connectivity index (χ1v) is 32.8. The summed E-state index contributed by atoms with van der Waals surface area (Å²) < 4.78 is 28.1. The highest BCUT2D eigenvalue weighted by Gasteiger charge is 2.65. The average Bonchev–Trinajstić information content (AvgIpc) is 1.57. The molecular weight excluding hydrogens is 1280 g/mol. The standard InChI is InChI=1S/C33H33N3O6.C30H29N3O6.C16H16N2O2/c1-21(37)13-14-22-15-16-35-25(17-22)18-26-27-19-33(2,20-41-32(34)40)29(36(27)30(26)38)31(39)42-28(23-9-5-3-6-10-23)24-11-7-4-8-12-24;1-30(18-38-29(31)37)16-24-23(15-22-14-19(17-34)12-13-32-22)27(35)33(24)26(30)28(36)39-25(20-8-4-2-5-9-20)21-10-6-3-7-11-21;1-12(17)18-16(19)20-15(13-8-4-2-5-9-13)14-10-6-3-7-11-14/h3-12,15-18,27-29H,13-14,19-20H2,1-2H3,(H2,34,40);2-15,24-26,34H,16-18H2,1H3,(H2,31,37);2-11,15H,1H3,(H2,17,18,19)/b26-18+;23-15+;/t27?,29-,33-;24?,26-,30-;/m00./s1. The molecule has 0 aliphatic carbocycles. The molecule has 6 atom stereocenters. The molecule has 6 aromatic carbocycles. The van der Waals surface area contributed by atoms with Crippen molar-refractivity contribution >= 4 is 65.8 Å². The van der Waals surface area contributed by atoms with Crippen molar-refractivity contribution in [1.82, 2.24) is 25.1 Å². The Morgan fingerprint density at radius 3 is 1.18 bits per heavy atom. The number of aromatic nitrogens is 2. The van der Waals surface area contributed by atoms with Gasteiger partial charge in [0.25, 0.3) is 11.8 Å². The van der Waals surface area contributed by atoms with Crippen LogP contribution < -0.4 is 16.8 Å². The van der Waals surface area contributed by atoms with E-state index in [1.165, 1.54) is 16.7 Å². The second-order valence-electron chi connectivity index (χ2n) is 25.6. The van der Waals surface area contributed by atoms with Crippen LogP contribution in [0.2, 0.25) is 0 Å². The second-order valence-corrected chi connectivity index (χ2v) is 25.6. The highest BCUT2D eigenvalue weighted by atomic mass is 16.6. The Morgan fingerprint density at radius 1 is 0.535 bits per heavy atom. The number of amidine groups is 1. The topological polar surface area (TPSA) is 323 Å². The molecule has 4 fully saturated rings. The summed E-state index contributed by atoms with van der Waals surface area (Å²) in [5.41, 5.74) is 17.3. The molecule has 22 nitrogen and oxygen atoms in total. The van der Waals surface area contributed by atoms with Crippen molar-refractivity contribution in [3.63, 3.8) is 0 Å². The Labute approximate surface area is 584 Å². The number of carbonyl (C=O) groups is 8. The van der Waals surface area contributed by atoms with Crippen LogP contribution in [0.1, 0.15) is 121 Å². The van der Waals surface area contributed by atoms with Gasteiger partial charge in [-0.05, 0) is 114 Å². The number of ketones is 1. The number of amides is 5. The number of ether oxygens (including phenoxy) is 5. The maximum Gasteiger partial charge on any atom is 0.413 e. The van der Waals surface area contributed by atoms with Crippen LogP contribution in [-0.2, 0) is 60.7 Å². The fourth-order valence-electron chi connectivity index (χ4n) is 13.1. The number of carbonyl (C=O) groups excluding carboxylic acids is 8. The predicted molar refractivity (Wildman–Crippen MR) is 374 cm³/mol. The molecule has 2 unspecified atom stereocenters. The number of nitrogens with two attached hydrogens (primary N) is 2. The fourth-order valence-corrected chi connectivity index (χ4v) is 13.1. The summed E-state index contributed by atoms with van der Waals surface area (Å²) >= 11 is 0. The number of hydrogen-bond donors (Lipinski definition) is 5. The van der Waals surface area contributed by atoms with Crippen LogP contribution in [-0.4, -0.2) is 116 Å². The number of rotatable bonds is 21. The number of nitrogens with one attached hydrogen (secondary N) is 2. The number of β-lactam (4-membered cyclic amide) rings is 2. The van der Waals surface area contributed by atoms with Gasteiger partial charge in [0, 0.05) is 40.8 Å². The molecule has 518 valence electrons. The molecule has 0 saturated carbocycles. The van der Waals surface area contributed by atoms with Crippen molar-refractivity contribution < 1.29 is 67.1 Å². The summed E-state index contributed by atoms with van der Waals surface area (Å²) in [5, 5.41) is 19.0. The summed E-state index contributed by atoms with van der Waals surface area (Å²) in [6, 6.07) is 60.8. The van der Waals surface area contributed by atoms with E-state index >= 15 is 0 Å². The van der Waals surface area contributed by atoms with Gasteiger partial charge in [0.2, 0.25) is 0 Å². The van der Waals surface area contributed by atoms with Gasteiger partial charge in [0.1, 0.15) is 31.1 Å². The number of hydrogen-bond acceptors (Lipinski definition) is 17. The van der Waals surface area contributed by atoms with Crippen LogP contribution in [0, 0.1) is 16.2 Å². The van der Waals surface area contributed by atoms with Gasteiger partial charge in [-0.2, -0.15) is 0 Å². The van der Waals surface area contributed by atoms with E-state index in [1.807, 2.05) is 194 Å². The molecule has 12 rings (SSSR count). The Bertz CT molecular complexity index is 4240. The Morgan fingerprint density at radius 2 is 0.861 bits per heavy atom.